The zero-order chi connectivity index (χ0) is 19.1. The molecule has 2 heterocycles. The fourth-order valence-electron chi connectivity index (χ4n) is 3.24. The summed E-state index contributed by atoms with van der Waals surface area (Å²) in [7, 11) is 0. The van der Waals surface area contributed by atoms with Gasteiger partial charge < -0.3 is 16.0 Å². The average molecular weight is 365 g/mol. The maximum Gasteiger partial charge on any atom is 0.198 e. The van der Waals surface area contributed by atoms with Gasteiger partial charge in [0.2, 0.25) is 0 Å². The smallest absolute Gasteiger partial charge is 0.198 e. The molecular weight excluding hydrogens is 338 g/mol. The summed E-state index contributed by atoms with van der Waals surface area (Å²) in [6.07, 6.45) is 7.54. The number of aromatic nitrogens is 3. The highest BCUT2D eigenvalue weighted by Gasteiger charge is 2.22. The standard InChI is InChI=1S/C21H27N5O/c1-2-3-6-10-23-19(21(27)18-9-11-24-20(13-22)26-18)12-15-14-25-17-8-5-4-7-16(15)17/h4-5,7-9,11,14,19,23,25H,2-3,6,10,12-13,22H2,1H3. The van der Waals surface area contributed by atoms with Crippen molar-refractivity contribution in [2.24, 2.45) is 5.73 Å². The molecule has 0 saturated heterocycles. The third-order valence-electron chi connectivity index (χ3n) is 4.73. The minimum atomic E-state index is -0.332. The SMILES string of the molecule is CCCCCNC(Cc1c[nH]c2ccccc12)C(=O)c1ccnc(CN)n1. The molecule has 1 atom stereocenters. The van der Waals surface area contributed by atoms with Crippen LogP contribution in [0.2, 0.25) is 0 Å². The first-order valence-electron chi connectivity index (χ1n) is 9.57. The number of ketones is 1. The molecule has 142 valence electrons. The van der Waals surface area contributed by atoms with E-state index in [1.54, 1.807) is 12.3 Å². The van der Waals surface area contributed by atoms with Gasteiger partial charge >= 0.3 is 0 Å². The van der Waals surface area contributed by atoms with Crippen LogP contribution in [0.15, 0.2) is 42.7 Å². The number of carbonyl (C=O) groups is 1. The van der Waals surface area contributed by atoms with Gasteiger partial charge in [-0.05, 0) is 37.1 Å². The molecule has 0 aliphatic rings. The molecule has 0 saturated carbocycles. The van der Waals surface area contributed by atoms with Gasteiger partial charge in [0.05, 0.1) is 12.6 Å². The Kier molecular flexibility index (Phi) is 6.68. The van der Waals surface area contributed by atoms with Gasteiger partial charge in [0.1, 0.15) is 11.5 Å². The van der Waals surface area contributed by atoms with E-state index in [1.165, 1.54) is 0 Å². The summed E-state index contributed by atoms with van der Waals surface area (Å²) in [5, 5.41) is 4.59. The van der Waals surface area contributed by atoms with Crippen molar-refractivity contribution in [1.82, 2.24) is 20.3 Å². The van der Waals surface area contributed by atoms with E-state index in [9.17, 15) is 4.79 Å². The summed E-state index contributed by atoms with van der Waals surface area (Å²) in [4.78, 5) is 24.8. The predicted molar refractivity (Wildman–Crippen MR) is 108 cm³/mol. The van der Waals surface area contributed by atoms with Gasteiger partial charge in [-0.2, -0.15) is 0 Å². The van der Waals surface area contributed by atoms with Gasteiger partial charge in [-0.1, -0.05) is 38.0 Å². The van der Waals surface area contributed by atoms with Crippen LogP contribution in [0, 0.1) is 0 Å². The molecule has 1 unspecified atom stereocenters. The van der Waals surface area contributed by atoms with E-state index < -0.39 is 0 Å². The minimum Gasteiger partial charge on any atom is -0.361 e. The number of benzene rings is 1. The highest BCUT2D eigenvalue weighted by Crippen LogP contribution is 2.20. The molecule has 0 spiro atoms. The van der Waals surface area contributed by atoms with Crippen molar-refractivity contribution in [1.29, 1.82) is 0 Å². The number of para-hydroxylation sites is 1. The van der Waals surface area contributed by atoms with Crippen molar-refractivity contribution in [3.63, 3.8) is 0 Å². The van der Waals surface area contributed by atoms with Crippen LogP contribution in [-0.2, 0) is 13.0 Å². The monoisotopic (exact) mass is 365 g/mol. The molecule has 6 heteroatoms. The summed E-state index contributed by atoms with van der Waals surface area (Å²) in [6.45, 7) is 3.20. The van der Waals surface area contributed by atoms with Gasteiger partial charge in [0.15, 0.2) is 5.78 Å². The fraction of sp³-hybridized carbons (Fsp3) is 0.381. The van der Waals surface area contributed by atoms with E-state index in [0.29, 0.717) is 17.9 Å². The Labute approximate surface area is 159 Å². The molecule has 0 radical (unpaired) electrons. The number of rotatable bonds is 10. The summed E-state index contributed by atoms with van der Waals surface area (Å²) in [5.41, 5.74) is 8.25. The van der Waals surface area contributed by atoms with Gasteiger partial charge in [0.25, 0.3) is 0 Å². The molecule has 0 amide bonds. The number of unbranched alkanes of at least 4 members (excludes halogenated alkanes) is 2. The van der Waals surface area contributed by atoms with Crippen LogP contribution in [-0.4, -0.2) is 33.3 Å². The second-order valence-electron chi connectivity index (χ2n) is 6.70. The zero-order valence-corrected chi connectivity index (χ0v) is 15.7. The highest BCUT2D eigenvalue weighted by atomic mass is 16.1. The topological polar surface area (TPSA) is 96.7 Å². The van der Waals surface area contributed by atoms with E-state index in [2.05, 4.69) is 33.3 Å². The molecule has 0 fully saturated rings. The van der Waals surface area contributed by atoms with Crippen LogP contribution >= 0.6 is 0 Å². The third kappa shape index (κ3) is 4.78. The van der Waals surface area contributed by atoms with Crippen molar-refractivity contribution in [2.45, 2.75) is 45.2 Å². The van der Waals surface area contributed by atoms with Crippen LogP contribution in [0.25, 0.3) is 10.9 Å². The number of hydrogen-bond donors (Lipinski definition) is 3. The number of Topliss-reactive ketones (excluding diaryl/α,β-unsaturated/α-hetero) is 1. The summed E-state index contributed by atoms with van der Waals surface area (Å²) >= 11 is 0. The fourth-order valence-corrected chi connectivity index (χ4v) is 3.24. The Balaban J connectivity index is 1.82. The Morgan fingerprint density at radius 2 is 2.11 bits per heavy atom. The van der Waals surface area contributed by atoms with Crippen LogP contribution in [0.1, 0.15) is 48.1 Å². The number of H-pyrrole nitrogens is 1. The van der Waals surface area contributed by atoms with Gasteiger partial charge in [0, 0.05) is 23.3 Å². The minimum absolute atomic E-state index is 0.0196. The lowest BCUT2D eigenvalue weighted by molar-refractivity contribution is 0.0937. The van der Waals surface area contributed by atoms with Crippen LogP contribution in [0.5, 0.6) is 0 Å². The first-order valence-corrected chi connectivity index (χ1v) is 9.57. The van der Waals surface area contributed by atoms with Crippen molar-refractivity contribution >= 4 is 16.7 Å². The van der Waals surface area contributed by atoms with Crippen molar-refractivity contribution in [3.05, 3.63) is 59.8 Å². The summed E-state index contributed by atoms with van der Waals surface area (Å²) in [5.74, 6) is 0.464. The molecule has 2 aromatic heterocycles. The average Bonchev–Trinajstić information content (AvgIpc) is 3.12. The van der Waals surface area contributed by atoms with Gasteiger partial charge in [-0.3, -0.25) is 4.79 Å². The van der Waals surface area contributed by atoms with Crippen molar-refractivity contribution in [3.8, 4) is 0 Å². The second kappa shape index (κ2) is 9.39. The number of fused-ring (bicyclic) bond motifs is 1. The van der Waals surface area contributed by atoms with Crippen LogP contribution in [0.3, 0.4) is 0 Å². The maximum atomic E-state index is 13.1. The molecule has 4 N–H and O–H groups in total. The molecule has 1 aromatic carbocycles. The van der Waals surface area contributed by atoms with Gasteiger partial charge in [-0.15, -0.1) is 0 Å². The quantitative estimate of drug-likeness (QED) is 0.379. The van der Waals surface area contributed by atoms with E-state index in [-0.39, 0.29) is 18.4 Å². The normalized spacial score (nSPS) is 12.4. The first-order chi connectivity index (χ1) is 13.2. The predicted octanol–water partition coefficient (Wildman–Crippen LogP) is 2.99. The summed E-state index contributed by atoms with van der Waals surface area (Å²) in [6, 6.07) is 9.48. The lowest BCUT2D eigenvalue weighted by atomic mass is 9.99. The lowest BCUT2D eigenvalue weighted by Crippen LogP contribution is -2.39. The van der Waals surface area contributed by atoms with Crippen molar-refractivity contribution < 1.29 is 4.79 Å². The molecule has 0 bridgehead atoms. The second-order valence-corrected chi connectivity index (χ2v) is 6.70. The van der Waals surface area contributed by atoms with E-state index in [1.807, 2.05) is 24.4 Å². The lowest BCUT2D eigenvalue weighted by Gasteiger charge is -2.17. The molecule has 3 rings (SSSR count). The summed E-state index contributed by atoms with van der Waals surface area (Å²) < 4.78 is 0. The van der Waals surface area contributed by atoms with Crippen LogP contribution in [0.4, 0.5) is 0 Å². The number of nitrogens with zero attached hydrogens (tertiary/aromatic N) is 2. The van der Waals surface area contributed by atoms with E-state index in [4.69, 9.17) is 5.73 Å². The van der Waals surface area contributed by atoms with E-state index in [0.717, 1.165) is 42.3 Å². The van der Waals surface area contributed by atoms with Crippen molar-refractivity contribution in [2.75, 3.05) is 6.54 Å². The zero-order valence-electron chi connectivity index (χ0n) is 15.7. The van der Waals surface area contributed by atoms with Crippen LogP contribution < -0.4 is 11.1 Å². The Morgan fingerprint density at radius 1 is 1.26 bits per heavy atom. The molecule has 3 aromatic rings. The molecule has 0 aliphatic heterocycles. The Morgan fingerprint density at radius 3 is 2.93 bits per heavy atom. The number of aromatic amines is 1. The third-order valence-corrected chi connectivity index (χ3v) is 4.73. The number of nitrogens with one attached hydrogen (secondary N) is 2. The largest absolute Gasteiger partial charge is 0.361 e. The molecular formula is C21H27N5O. The number of carbonyl (C=O) groups excluding carboxylic acids is 1. The first kappa shape index (κ1) is 19.2. The van der Waals surface area contributed by atoms with E-state index >= 15 is 0 Å². The number of nitrogens with two attached hydrogens (primary N) is 1. The number of hydrogen-bond acceptors (Lipinski definition) is 5. The maximum absolute atomic E-state index is 13.1. The Bertz CT molecular complexity index is 889. The molecule has 6 nitrogen and oxygen atoms in total. The highest BCUT2D eigenvalue weighted by molar-refractivity contribution is 5.99. The molecule has 27 heavy (non-hydrogen) atoms. The Hall–Kier alpha value is -2.57. The van der Waals surface area contributed by atoms with Gasteiger partial charge in [-0.25, -0.2) is 9.97 Å². The molecule has 0 aliphatic carbocycles.